The number of amides is 4. The van der Waals surface area contributed by atoms with Crippen molar-refractivity contribution in [2.75, 3.05) is 13.1 Å². The van der Waals surface area contributed by atoms with Crippen molar-refractivity contribution < 1.29 is 14.4 Å². The van der Waals surface area contributed by atoms with E-state index in [1.807, 2.05) is 19.9 Å². The summed E-state index contributed by atoms with van der Waals surface area (Å²) in [6, 6.07) is 4.91. The zero-order chi connectivity index (χ0) is 18.6. The third kappa shape index (κ3) is 5.09. The first kappa shape index (κ1) is 19.5. The van der Waals surface area contributed by atoms with E-state index < -0.39 is 6.03 Å². The molecule has 4 amide bonds. The smallest absolute Gasteiger partial charge is 0.324 e. The largest absolute Gasteiger partial charge is 0.336 e. The standard InChI is InChI=1S/C17H21Cl2N3O3/c1-11(2)22(10-12-5-6-13(18)14(19)8-12)15(23)4-3-7-21-16(24)9-20-17(21)25/h5-6,8,11H,3-4,7,9-10H2,1-2H3,(H,20,25). The molecule has 25 heavy (non-hydrogen) atoms. The van der Waals surface area contributed by atoms with E-state index in [0.29, 0.717) is 23.0 Å². The monoisotopic (exact) mass is 385 g/mol. The number of carbonyl (C=O) groups is 3. The van der Waals surface area contributed by atoms with Crippen LogP contribution in [0.15, 0.2) is 18.2 Å². The lowest BCUT2D eigenvalue weighted by atomic mass is 10.1. The Morgan fingerprint density at radius 2 is 2.00 bits per heavy atom. The van der Waals surface area contributed by atoms with Crippen molar-refractivity contribution in [3.63, 3.8) is 0 Å². The van der Waals surface area contributed by atoms with Crippen molar-refractivity contribution in [2.24, 2.45) is 0 Å². The summed E-state index contributed by atoms with van der Waals surface area (Å²) in [7, 11) is 0. The van der Waals surface area contributed by atoms with Gasteiger partial charge in [-0.25, -0.2) is 4.79 Å². The molecule has 1 aliphatic heterocycles. The van der Waals surface area contributed by atoms with Crippen LogP contribution in [0.25, 0.3) is 0 Å². The number of nitrogens with one attached hydrogen (secondary N) is 1. The molecule has 8 heteroatoms. The van der Waals surface area contributed by atoms with Crippen molar-refractivity contribution in [2.45, 2.75) is 39.3 Å². The molecule has 1 fully saturated rings. The highest BCUT2D eigenvalue weighted by molar-refractivity contribution is 6.42. The molecule has 2 rings (SSSR count). The number of imide groups is 1. The Morgan fingerprint density at radius 1 is 1.28 bits per heavy atom. The van der Waals surface area contributed by atoms with Gasteiger partial charge < -0.3 is 10.2 Å². The van der Waals surface area contributed by atoms with Crippen LogP contribution in [0.4, 0.5) is 4.79 Å². The lowest BCUT2D eigenvalue weighted by molar-refractivity contribution is -0.134. The maximum Gasteiger partial charge on any atom is 0.324 e. The Kier molecular flexibility index (Phi) is 6.67. The van der Waals surface area contributed by atoms with Crippen molar-refractivity contribution in [3.05, 3.63) is 33.8 Å². The van der Waals surface area contributed by atoms with E-state index in [1.165, 1.54) is 0 Å². The second-order valence-corrected chi connectivity index (χ2v) is 6.99. The highest BCUT2D eigenvalue weighted by atomic mass is 35.5. The fourth-order valence-corrected chi connectivity index (χ4v) is 2.93. The summed E-state index contributed by atoms with van der Waals surface area (Å²) in [4.78, 5) is 38.4. The van der Waals surface area contributed by atoms with Gasteiger partial charge in [0.05, 0.1) is 16.6 Å². The van der Waals surface area contributed by atoms with Crippen LogP contribution in [0.1, 0.15) is 32.3 Å². The second kappa shape index (κ2) is 8.54. The molecule has 0 aromatic heterocycles. The zero-order valence-corrected chi connectivity index (χ0v) is 15.7. The van der Waals surface area contributed by atoms with Gasteiger partial charge in [0.2, 0.25) is 11.8 Å². The van der Waals surface area contributed by atoms with Crippen LogP contribution in [0.5, 0.6) is 0 Å². The Hall–Kier alpha value is -1.79. The minimum absolute atomic E-state index is 0.0127. The summed E-state index contributed by atoms with van der Waals surface area (Å²) in [5.41, 5.74) is 0.894. The van der Waals surface area contributed by atoms with Gasteiger partial charge in [-0.15, -0.1) is 0 Å². The average molecular weight is 386 g/mol. The van der Waals surface area contributed by atoms with Crippen molar-refractivity contribution in [1.82, 2.24) is 15.1 Å². The molecule has 1 saturated heterocycles. The van der Waals surface area contributed by atoms with E-state index in [4.69, 9.17) is 23.2 Å². The Labute approximate surface area is 157 Å². The number of hydrogen-bond donors (Lipinski definition) is 1. The molecule has 0 saturated carbocycles. The minimum atomic E-state index is -0.394. The molecule has 136 valence electrons. The minimum Gasteiger partial charge on any atom is -0.336 e. The molecular weight excluding hydrogens is 365 g/mol. The molecule has 1 aromatic rings. The highest BCUT2D eigenvalue weighted by Gasteiger charge is 2.28. The molecule has 6 nitrogen and oxygen atoms in total. The number of nitrogens with zero attached hydrogens (tertiary/aromatic N) is 2. The first-order chi connectivity index (χ1) is 11.8. The van der Waals surface area contributed by atoms with Crippen LogP contribution < -0.4 is 5.32 Å². The fourth-order valence-electron chi connectivity index (χ4n) is 2.61. The van der Waals surface area contributed by atoms with E-state index in [2.05, 4.69) is 5.32 Å². The average Bonchev–Trinajstić information content (AvgIpc) is 2.87. The van der Waals surface area contributed by atoms with E-state index >= 15 is 0 Å². The number of halogens is 2. The second-order valence-electron chi connectivity index (χ2n) is 6.17. The molecule has 1 heterocycles. The predicted molar refractivity (Wildman–Crippen MR) is 96.5 cm³/mol. The van der Waals surface area contributed by atoms with Gasteiger partial charge in [-0.05, 0) is 38.0 Å². The molecule has 1 aromatic carbocycles. The lowest BCUT2D eigenvalue weighted by Gasteiger charge is -2.27. The van der Waals surface area contributed by atoms with Gasteiger partial charge in [-0.1, -0.05) is 29.3 Å². The number of carbonyl (C=O) groups excluding carboxylic acids is 3. The third-order valence-electron chi connectivity index (χ3n) is 3.99. The van der Waals surface area contributed by atoms with Gasteiger partial charge in [0, 0.05) is 25.6 Å². The number of benzene rings is 1. The molecule has 0 aliphatic carbocycles. The Morgan fingerprint density at radius 3 is 2.56 bits per heavy atom. The van der Waals surface area contributed by atoms with Crippen LogP contribution >= 0.6 is 23.2 Å². The number of rotatable bonds is 7. The lowest BCUT2D eigenvalue weighted by Crippen LogP contribution is -2.37. The summed E-state index contributed by atoms with van der Waals surface area (Å²) in [6.07, 6.45) is 0.694. The molecule has 0 unspecified atom stereocenters. The number of urea groups is 1. The van der Waals surface area contributed by atoms with Crippen LogP contribution in [-0.2, 0) is 16.1 Å². The molecule has 0 radical (unpaired) electrons. The van der Waals surface area contributed by atoms with Crippen LogP contribution in [0, 0.1) is 0 Å². The van der Waals surface area contributed by atoms with E-state index in [0.717, 1.165) is 10.5 Å². The van der Waals surface area contributed by atoms with Crippen LogP contribution in [-0.4, -0.2) is 46.8 Å². The first-order valence-electron chi connectivity index (χ1n) is 8.11. The molecule has 0 spiro atoms. The Bertz CT molecular complexity index is 663. The maximum atomic E-state index is 12.5. The predicted octanol–water partition coefficient (Wildman–Crippen LogP) is 3.06. The van der Waals surface area contributed by atoms with Crippen LogP contribution in [0.3, 0.4) is 0 Å². The third-order valence-corrected chi connectivity index (χ3v) is 4.73. The fraction of sp³-hybridized carbons (Fsp3) is 0.471. The van der Waals surface area contributed by atoms with E-state index in [1.54, 1.807) is 17.0 Å². The molecule has 0 bridgehead atoms. The summed E-state index contributed by atoms with van der Waals surface area (Å²) in [6.45, 7) is 4.58. The SMILES string of the molecule is CC(C)N(Cc1ccc(Cl)c(Cl)c1)C(=O)CCCN1C(=O)CNC1=O. The topological polar surface area (TPSA) is 69.7 Å². The molecule has 0 atom stereocenters. The summed E-state index contributed by atoms with van der Waals surface area (Å²) >= 11 is 11.9. The van der Waals surface area contributed by atoms with Crippen molar-refractivity contribution in [3.8, 4) is 0 Å². The maximum absolute atomic E-state index is 12.5. The van der Waals surface area contributed by atoms with Gasteiger partial charge in [-0.2, -0.15) is 0 Å². The van der Waals surface area contributed by atoms with Gasteiger partial charge >= 0.3 is 6.03 Å². The quantitative estimate of drug-likeness (QED) is 0.733. The number of hydrogen-bond acceptors (Lipinski definition) is 3. The summed E-state index contributed by atoms with van der Waals surface area (Å²) in [5, 5.41) is 3.39. The van der Waals surface area contributed by atoms with E-state index in [-0.39, 0.29) is 37.4 Å². The van der Waals surface area contributed by atoms with Crippen molar-refractivity contribution in [1.29, 1.82) is 0 Å². The van der Waals surface area contributed by atoms with E-state index in [9.17, 15) is 14.4 Å². The zero-order valence-electron chi connectivity index (χ0n) is 14.2. The van der Waals surface area contributed by atoms with Crippen molar-refractivity contribution >= 4 is 41.0 Å². The van der Waals surface area contributed by atoms with Gasteiger partial charge in [-0.3, -0.25) is 14.5 Å². The first-order valence-corrected chi connectivity index (χ1v) is 8.86. The molecule has 1 aliphatic rings. The summed E-state index contributed by atoms with van der Waals surface area (Å²) in [5.74, 6) is -0.290. The van der Waals surface area contributed by atoms with Gasteiger partial charge in [0.15, 0.2) is 0 Å². The van der Waals surface area contributed by atoms with Crippen LogP contribution in [0.2, 0.25) is 10.0 Å². The van der Waals surface area contributed by atoms with Gasteiger partial charge in [0.1, 0.15) is 0 Å². The molecule has 1 N–H and O–H groups in total. The normalized spacial score (nSPS) is 14.2. The highest BCUT2D eigenvalue weighted by Crippen LogP contribution is 2.24. The summed E-state index contributed by atoms with van der Waals surface area (Å²) < 4.78 is 0. The van der Waals surface area contributed by atoms with Gasteiger partial charge in [0.25, 0.3) is 0 Å². The molecular formula is C17H21Cl2N3O3. The Balaban J connectivity index is 1.92.